The highest BCUT2D eigenvalue weighted by Crippen LogP contribution is 2.23. The highest BCUT2D eigenvalue weighted by molar-refractivity contribution is 6.00. The molecule has 0 aliphatic heterocycles. The number of rotatable bonds is 5. The normalized spacial score (nSPS) is 10.2. The van der Waals surface area contributed by atoms with Crippen molar-refractivity contribution in [1.82, 2.24) is 4.90 Å². The van der Waals surface area contributed by atoms with Gasteiger partial charge in [-0.25, -0.2) is 4.39 Å². The average molecular weight is 317 g/mol. The molecular formula is C16H16FN3O3. The Kier molecular flexibility index (Phi) is 4.90. The first-order valence-electron chi connectivity index (χ1n) is 6.88. The third-order valence-electron chi connectivity index (χ3n) is 3.39. The van der Waals surface area contributed by atoms with Gasteiger partial charge in [-0.2, -0.15) is 0 Å². The zero-order chi connectivity index (χ0) is 17.0. The molecule has 23 heavy (non-hydrogen) atoms. The minimum absolute atomic E-state index is 0.150. The number of nitrogens with zero attached hydrogens (tertiary/aromatic N) is 2. The van der Waals surface area contributed by atoms with Crippen LogP contribution in [0.4, 0.5) is 15.8 Å². The Balaban J connectivity index is 2.25. The Morgan fingerprint density at radius 2 is 1.91 bits per heavy atom. The van der Waals surface area contributed by atoms with Gasteiger partial charge in [0.1, 0.15) is 5.82 Å². The molecule has 1 N–H and O–H groups in total. The first kappa shape index (κ1) is 16.4. The maximum absolute atomic E-state index is 12.9. The summed E-state index contributed by atoms with van der Waals surface area (Å²) in [7, 11) is 3.22. The van der Waals surface area contributed by atoms with Gasteiger partial charge < -0.3 is 10.2 Å². The summed E-state index contributed by atoms with van der Waals surface area (Å²) >= 11 is 0. The minimum atomic E-state index is -0.545. The third kappa shape index (κ3) is 3.82. The quantitative estimate of drug-likeness (QED) is 0.679. The van der Waals surface area contributed by atoms with Crippen molar-refractivity contribution >= 4 is 17.3 Å². The molecule has 2 aromatic rings. The van der Waals surface area contributed by atoms with E-state index in [9.17, 15) is 19.3 Å². The summed E-state index contributed by atoms with van der Waals surface area (Å²) in [5, 5.41) is 13.7. The number of nitro groups is 1. The molecule has 0 saturated heterocycles. The highest BCUT2D eigenvalue weighted by Gasteiger charge is 2.19. The zero-order valence-corrected chi connectivity index (χ0v) is 12.7. The summed E-state index contributed by atoms with van der Waals surface area (Å²) in [6.45, 7) is 0.269. The Morgan fingerprint density at radius 1 is 1.26 bits per heavy atom. The minimum Gasteiger partial charge on any atom is -0.387 e. The molecule has 0 radical (unpaired) electrons. The predicted octanol–water partition coefficient (Wildman–Crippen LogP) is 3.05. The lowest BCUT2D eigenvalue weighted by atomic mass is 10.1. The first-order chi connectivity index (χ1) is 10.9. The van der Waals surface area contributed by atoms with E-state index >= 15 is 0 Å². The molecule has 2 aromatic carbocycles. The summed E-state index contributed by atoms with van der Waals surface area (Å²) in [5.41, 5.74) is 1.33. The second-order valence-electron chi connectivity index (χ2n) is 5.02. The second-order valence-corrected chi connectivity index (χ2v) is 5.02. The van der Waals surface area contributed by atoms with Crippen molar-refractivity contribution in [3.63, 3.8) is 0 Å². The average Bonchev–Trinajstić information content (AvgIpc) is 2.55. The van der Waals surface area contributed by atoms with Gasteiger partial charge in [-0.3, -0.25) is 14.9 Å². The van der Waals surface area contributed by atoms with Gasteiger partial charge in [-0.05, 0) is 23.8 Å². The van der Waals surface area contributed by atoms with Gasteiger partial charge in [0, 0.05) is 38.5 Å². The fraction of sp³-hybridized carbons (Fsp3) is 0.188. The van der Waals surface area contributed by atoms with E-state index in [-0.39, 0.29) is 29.5 Å². The van der Waals surface area contributed by atoms with Crippen molar-refractivity contribution in [3.8, 4) is 0 Å². The molecule has 0 heterocycles. The molecule has 0 spiro atoms. The van der Waals surface area contributed by atoms with Gasteiger partial charge in [-0.15, -0.1) is 0 Å². The highest BCUT2D eigenvalue weighted by atomic mass is 19.1. The van der Waals surface area contributed by atoms with Gasteiger partial charge in [0.05, 0.1) is 10.5 Å². The van der Waals surface area contributed by atoms with Gasteiger partial charge in [0.15, 0.2) is 0 Å². The van der Waals surface area contributed by atoms with E-state index in [2.05, 4.69) is 5.32 Å². The van der Waals surface area contributed by atoms with E-state index in [0.29, 0.717) is 5.69 Å². The fourth-order valence-electron chi connectivity index (χ4n) is 2.18. The number of benzene rings is 2. The van der Waals surface area contributed by atoms with E-state index in [0.717, 1.165) is 5.56 Å². The molecule has 0 fully saturated rings. The largest absolute Gasteiger partial charge is 0.387 e. The monoisotopic (exact) mass is 317 g/mol. The number of nitrogens with one attached hydrogen (secondary N) is 1. The number of hydrogen-bond acceptors (Lipinski definition) is 4. The van der Waals surface area contributed by atoms with Crippen LogP contribution in [-0.2, 0) is 6.54 Å². The third-order valence-corrected chi connectivity index (χ3v) is 3.39. The van der Waals surface area contributed by atoms with Crippen LogP contribution in [0.2, 0.25) is 0 Å². The smallest absolute Gasteiger partial charge is 0.270 e. The summed E-state index contributed by atoms with van der Waals surface area (Å²) in [5.74, 6) is -0.707. The van der Waals surface area contributed by atoms with Gasteiger partial charge in [0.2, 0.25) is 0 Å². The first-order valence-corrected chi connectivity index (χ1v) is 6.88. The zero-order valence-electron chi connectivity index (χ0n) is 12.7. The van der Waals surface area contributed by atoms with Crippen LogP contribution in [0.15, 0.2) is 42.5 Å². The van der Waals surface area contributed by atoms with Gasteiger partial charge in [0.25, 0.3) is 11.6 Å². The van der Waals surface area contributed by atoms with Crippen LogP contribution in [0.25, 0.3) is 0 Å². The molecule has 2 rings (SSSR count). The van der Waals surface area contributed by atoms with E-state index < -0.39 is 4.92 Å². The molecular weight excluding hydrogens is 301 g/mol. The number of carbonyl (C=O) groups excluding carboxylic acids is 1. The van der Waals surface area contributed by atoms with Crippen LogP contribution < -0.4 is 5.32 Å². The Labute approximate surface area is 132 Å². The molecule has 1 amide bonds. The summed E-state index contributed by atoms with van der Waals surface area (Å²) in [4.78, 5) is 24.3. The maximum atomic E-state index is 12.9. The van der Waals surface area contributed by atoms with Crippen molar-refractivity contribution in [3.05, 3.63) is 69.5 Å². The molecule has 7 heteroatoms. The molecule has 0 aliphatic carbocycles. The topological polar surface area (TPSA) is 75.5 Å². The molecule has 120 valence electrons. The molecule has 0 atom stereocenters. The molecule has 0 aliphatic rings. The van der Waals surface area contributed by atoms with E-state index in [1.165, 1.54) is 35.2 Å². The molecule has 0 bridgehead atoms. The standard InChI is InChI=1S/C16H16FN3O3/c1-18-15-8-7-13(20(22)23)9-14(15)16(21)19(2)10-11-3-5-12(17)6-4-11/h3-9,18H,10H2,1-2H3. The van der Waals surface area contributed by atoms with Crippen molar-refractivity contribution < 1.29 is 14.1 Å². The van der Waals surface area contributed by atoms with Crippen LogP contribution in [0.5, 0.6) is 0 Å². The number of anilines is 1. The second kappa shape index (κ2) is 6.87. The van der Waals surface area contributed by atoms with Crippen molar-refractivity contribution in [1.29, 1.82) is 0 Å². The number of hydrogen-bond donors (Lipinski definition) is 1. The summed E-state index contributed by atoms with van der Waals surface area (Å²) in [6.07, 6.45) is 0. The molecule has 0 unspecified atom stereocenters. The van der Waals surface area contributed by atoms with Crippen LogP contribution >= 0.6 is 0 Å². The van der Waals surface area contributed by atoms with Gasteiger partial charge in [-0.1, -0.05) is 12.1 Å². The number of nitro benzene ring substituents is 1. The Hall–Kier alpha value is -2.96. The number of carbonyl (C=O) groups is 1. The number of amides is 1. The van der Waals surface area contributed by atoms with Crippen molar-refractivity contribution in [2.24, 2.45) is 0 Å². The Bertz CT molecular complexity index is 732. The van der Waals surface area contributed by atoms with Crippen LogP contribution in [0, 0.1) is 15.9 Å². The lowest BCUT2D eigenvalue weighted by Gasteiger charge is -2.19. The van der Waals surface area contributed by atoms with Crippen LogP contribution in [0.1, 0.15) is 15.9 Å². The van der Waals surface area contributed by atoms with E-state index in [4.69, 9.17) is 0 Å². The lowest BCUT2D eigenvalue weighted by Crippen LogP contribution is -2.27. The molecule has 0 aromatic heterocycles. The van der Waals surface area contributed by atoms with Crippen LogP contribution in [-0.4, -0.2) is 29.8 Å². The number of halogens is 1. The lowest BCUT2D eigenvalue weighted by molar-refractivity contribution is -0.384. The molecule has 0 saturated carbocycles. The fourth-order valence-corrected chi connectivity index (χ4v) is 2.18. The Morgan fingerprint density at radius 3 is 2.48 bits per heavy atom. The SMILES string of the molecule is CNc1ccc([N+](=O)[O-])cc1C(=O)N(C)Cc1ccc(F)cc1. The maximum Gasteiger partial charge on any atom is 0.270 e. The summed E-state index contributed by atoms with van der Waals surface area (Å²) in [6, 6.07) is 9.90. The van der Waals surface area contributed by atoms with Crippen molar-refractivity contribution in [2.75, 3.05) is 19.4 Å². The van der Waals surface area contributed by atoms with E-state index in [1.807, 2.05) is 0 Å². The van der Waals surface area contributed by atoms with Gasteiger partial charge >= 0.3 is 0 Å². The van der Waals surface area contributed by atoms with E-state index in [1.54, 1.807) is 26.2 Å². The summed E-state index contributed by atoms with van der Waals surface area (Å²) < 4.78 is 12.9. The number of non-ortho nitro benzene ring substituents is 1. The van der Waals surface area contributed by atoms with Crippen molar-refractivity contribution in [2.45, 2.75) is 6.54 Å². The predicted molar refractivity (Wildman–Crippen MR) is 84.8 cm³/mol. The molecule has 6 nitrogen and oxygen atoms in total. The van der Waals surface area contributed by atoms with Crippen LogP contribution in [0.3, 0.4) is 0 Å².